The van der Waals surface area contributed by atoms with Crippen molar-refractivity contribution in [3.8, 4) is 0 Å². The molecule has 0 fully saturated rings. The maximum absolute atomic E-state index is 11.0. The van der Waals surface area contributed by atoms with E-state index in [1.165, 1.54) is 27.7 Å². The van der Waals surface area contributed by atoms with Crippen LogP contribution < -0.4 is 15.5 Å². The molecule has 0 aromatic rings. The second kappa shape index (κ2) is 9.01. The van der Waals surface area contributed by atoms with Crippen molar-refractivity contribution in [3.63, 3.8) is 0 Å². The van der Waals surface area contributed by atoms with E-state index in [9.17, 15) is 20.1 Å². The molecule has 9 nitrogen and oxygen atoms in total. The molecule has 0 saturated carbocycles. The van der Waals surface area contributed by atoms with Gasteiger partial charge in [0.15, 0.2) is 0 Å². The van der Waals surface area contributed by atoms with Crippen LogP contribution in [0.15, 0.2) is 0 Å². The summed E-state index contributed by atoms with van der Waals surface area (Å²) in [5, 5.41) is 28.7. The normalized spacial score (nSPS) is 22.2. The molecule has 7 N–H and O–H groups in total. The van der Waals surface area contributed by atoms with Crippen LogP contribution in [0.5, 0.6) is 0 Å². The Labute approximate surface area is 123 Å². The van der Waals surface area contributed by atoms with Gasteiger partial charge in [-0.15, -0.1) is 0 Å². The molecule has 0 heterocycles. The number of aliphatic hydroxyl groups excluding tert-OH is 3. The van der Waals surface area contributed by atoms with Gasteiger partial charge in [-0.1, -0.05) is 0 Å². The van der Waals surface area contributed by atoms with Crippen molar-refractivity contribution in [2.24, 2.45) is 0 Å². The summed E-state index contributed by atoms with van der Waals surface area (Å²) in [7, 11) is 0. The zero-order chi connectivity index (χ0) is 15.9. The van der Waals surface area contributed by atoms with E-state index < -0.39 is 47.9 Å². The van der Waals surface area contributed by atoms with Crippen molar-refractivity contribution in [1.82, 2.24) is 15.5 Å². The van der Waals surface area contributed by atoms with E-state index in [0.717, 1.165) is 0 Å². The Bertz CT molecular complexity index is 277. The number of esters is 1. The van der Waals surface area contributed by atoms with Crippen molar-refractivity contribution >= 4 is 5.97 Å². The van der Waals surface area contributed by atoms with Crippen LogP contribution in [-0.4, -0.2) is 46.2 Å². The van der Waals surface area contributed by atoms with Crippen molar-refractivity contribution in [1.29, 1.82) is 0 Å². The van der Waals surface area contributed by atoms with Gasteiger partial charge in [-0.25, -0.2) is 0 Å². The Morgan fingerprint density at radius 1 is 0.900 bits per heavy atom. The number of hydrogen-bond acceptors (Lipinski definition) is 9. The number of carbonyl (C=O) groups excluding carboxylic acids is 1. The van der Waals surface area contributed by atoms with Crippen LogP contribution >= 0.6 is 0 Å². The molecule has 0 aliphatic carbocycles. The Balaban J connectivity index is 5.07. The molecule has 4 unspecified atom stereocenters. The molecule has 0 aliphatic heterocycles. The van der Waals surface area contributed by atoms with Crippen molar-refractivity contribution in [2.75, 3.05) is 0 Å². The number of hydrogen-bond donors (Lipinski definition) is 7. The number of nitrogens with one attached hydrogen (secondary N) is 4. The monoisotopic (exact) mass is 477 g/mol. The fourth-order valence-corrected chi connectivity index (χ4v) is 8.14. The number of ether oxygens (including phenoxy) is 1. The van der Waals surface area contributed by atoms with Crippen LogP contribution in [0.1, 0.15) is 34.6 Å². The van der Waals surface area contributed by atoms with Crippen LogP contribution in [0, 0.1) is 0 Å². The summed E-state index contributed by atoms with van der Waals surface area (Å²) < 4.78 is 16.5. The van der Waals surface area contributed by atoms with Crippen LogP contribution in [-0.2, 0) is 26.6 Å². The number of rotatable bonds is 9. The van der Waals surface area contributed by atoms with E-state index in [4.69, 9.17) is 4.74 Å². The van der Waals surface area contributed by atoms with Crippen LogP contribution in [0.25, 0.3) is 0 Å². The second-order valence-electron chi connectivity index (χ2n) is 4.12. The molecule has 0 radical (unpaired) electrons. The molecule has 126 valence electrons. The van der Waals surface area contributed by atoms with Gasteiger partial charge >= 0.3 is 123 Å². The van der Waals surface area contributed by atoms with Gasteiger partial charge in [0, 0.05) is 0 Å². The number of carbonyl (C=O) groups is 1. The molecule has 0 aliphatic rings. The van der Waals surface area contributed by atoms with Crippen LogP contribution in [0.3, 0.4) is 0 Å². The van der Waals surface area contributed by atoms with Gasteiger partial charge in [0.25, 0.3) is 0 Å². The predicted octanol–water partition coefficient (Wildman–Crippen LogP) is -1.92. The summed E-state index contributed by atoms with van der Waals surface area (Å²) in [6.45, 7) is 7.40. The van der Waals surface area contributed by atoms with Crippen molar-refractivity contribution < 1.29 is 41.9 Å². The van der Waals surface area contributed by atoms with E-state index in [2.05, 4.69) is 15.5 Å². The van der Waals surface area contributed by atoms with Gasteiger partial charge in [-0.05, 0) is 0 Å². The SMILES string of the molecule is CC(=O)OC(C)[NH][Pt]([NH]C(C)O)([NH]C(C)O)[NH]C(C)O. The minimum atomic E-state index is -3.65. The average Bonchev–Trinajstić information content (AvgIpc) is 2.09. The van der Waals surface area contributed by atoms with E-state index in [1.54, 1.807) is 6.92 Å². The average molecular weight is 477 g/mol. The first-order valence-electron chi connectivity index (χ1n) is 6.02. The Morgan fingerprint density at radius 3 is 1.50 bits per heavy atom. The first kappa shape index (κ1) is 19.9. The third-order valence-electron chi connectivity index (χ3n) is 1.42. The van der Waals surface area contributed by atoms with Gasteiger partial charge in [-0.3, -0.25) is 0 Å². The third kappa shape index (κ3) is 8.93. The predicted molar refractivity (Wildman–Crippen MR) is 68.8 cm³/mol. The fourth-order valence-electron chi connectivity index (χ4n) is 1.21. The van der Waals surface area contributed by atoms with Crippen LogP contribution in [0.2, 0.25) is 0 Å². The minimum absolute atomic E-state index is 0.466. The summed E-state index contributed by atoms with van der Waals surface area (Å²) in [6, 6.07) is 0. The van der Waals surface area contributed by atoms with E-state index in [1.807, 2.05) is 0 Å². The molecule has 4 atom stereocenters. The van der Waals surface area contributed by atoms with Crippen molar-refractivity contribution in [2.45, 2.75) is 59.5 Å². The Morgan fingerprint density at radius 2 is 1.25 bits per heavy atom. The molecule has 0 aromatic carbocycles. The van der Waals surface area contributed by atoms with Gasteiger partial charge in [0.05, 0.1) is 0 Å². The molecule has 0 rings (SSSR count). The molecular weight excluding hydrogens is 451 g/mol. The summed E-state index contributed by atoms with van der Waals surface area (Å²) in [5.74, 6) is -0.466. The Hall–Kier alpha value is -0.122. The summed E-state index contributed by atoms with van der Waals surface area (Å²) in [5.41, 5.74) is 0. The summed E-state index contributed by atoms with van der Waals surface area (Å²) in [4.78, 5) is 11.0. The van der Waals surface area contributed by atoms with Gasteiger partial charge in [0.2, 0.25) is 0 Å². The van der Waals surface area contributed by atoms with E-state index in [0.29, 0.717) is 0 Å². The molecule has 20 heavy (non-hydrogen) atoms. The maximum atomic E-state index is 11.0. The molecular formula is C10H26N4O5Pt. The first-order chi connectivity index (χ1) is 9.06. The zero-order valence-electron chi connectivity index (χ0n) is 12.3. The molecule has 10 heteroatoms. The fraction of sp³-hybridized carbons (Fsp3) is 0.900. The van der Waals surface area contributed by atoms with E-state index in [-0.39, 0.29) is 0 Å². The molecule has 0 spiro atoms. The van der Waals surface area contributed by atoms with Gasteiger partial charge in [-0.2, -0.15) is 0 Å². The number of aliphatic hydroxyl groups is 3. The molecule has 0 aromatic heterocycles. The molecule has 0 saturated heterocycles. The first-order valence-corrected chi connectivity index (χ1v) is 10.6. The van der Waals surface area contributed by atoms with Crippen LogP contribution in [0.4, 0.5) is 0 Å². The topological polar surface area (TPSA) is 135 Å². The third-order valence-corrected chi connectivity index (χ3v) is 9.12. The van der Waals surface area contributed by atoms with E-state index >= 15 is 0 Å². The molecule has 0 bridgehead atoms. The molecule has 0 amide bonds. The zero-order valence-corrected chi connectivity index (χ0v) is 14.6. The standard InChI is InChI=1S/C4H8NO2.3C2H6NO.Pt/c1-3(5)7-4(2)6;3*1-2(3)4;/h3,5H,1-2H3;3*2-4H,1H3;/q4*-1;+4. The Kier molecular flexibility index (Phi) is 8.96. The summed E-state index contributed by atoms with van der Waals surface area (Å²) >= 11 is -3.65. The van der Waals surface area contributed by atoms with Gasteiger partial charge < -0.3 is 0 Å². The second-order valence-corrected chi connectivity index (χ2v) is 10.2. The van der Waals surface area contributed by atoms with Gasteiger partial charge in [0.1, 0.15) is 0 Å². The van der Waals surface area contributed by atoms with Crippen molar-refractivity contribution in [3.05, 3.63) is 0 Å². The summed E-state index contributed by atoms with van der Waals surface area (Å²) in [6.07, 6.45) is -3.38. The quantitative estimate of drug-likeness (QED) is 0.150.